The minimum absolute atomic E-state index is 0.196. The fraction of sp³-hybridized carbons (Fsp3) is 0.417. The molecular weight excluding hydrogens is 199 g/mol. The molecule has 4 heteroatoms. The molecule has 1 aromatic carbocycles. The highest BCUT2D eigenvalue weighted by atomic mass is 16.2. The van der Waals surface area contributed by atoms with E-state index in [1.807, 2.05) is 18.2 Å². The molecule has 3 rings (SSSR count). The van der Waals surface area contributed by atoms with E-state index in [1.165, 1.54) is 5.56 Å². The van der Waals surface area contributed by atoms with Crippen molar-refractivity contribution in [2.45, 2.75) is 18.3 Å². The third-order valence-corrected chi connectivity index (χ3v) is 3.97. The maximum atomic E-state index is 12.2. The molecule has 16 heavy (non-hydrogen) atoms. The SMILES string of the molecule is BN1CCC2(CC1)C(=O)Nc1ccccc12. The lowest BCUT2D eigenvalue weighted by molar-refractivity contribution is -0.122. The number of carbonyl (C=O) groups is 1. The third-order valence-electron chi connectivity index (χ3n) is 3.97. The van der Waals surface area contributed by atoms with E-state index in [4.69, 9.17) is 0 Å². The summed E-state index contributed by atoms with van der Waals surface area (Å²) >= 11 is 0. The minimum atomic E-state index is -0.247. The molecule has 0 atom stereocenters. The Hall–Kier alpha value is -1.29. The predicted octanol–water partition coefficient (Wildman–Crippen LogP) is 0.520. The topological polar surface area (TPSA) is 32.3 Å². The number of fused-ring (bicyclic) bond motifs is 2. The average molecular weight is 214 g/mol. The number of piperidine rings is 1. The molecule has 0 radical (unpaired) electrons. The van der Waals surface area contributed by atoms with Crippen LogP contribution in [0.15, 0.2) is 24.3 Å². The summed E-state index contributed by atoms with van der Waals surface area (Å²) in [5, 5.41) is 3.02. The molecule has 0 aromatic heterocycles. The predicted molar refractivity (Wildman–Crippen MR) is 66.1 cm³/mol. The van der Waals surface area contributed by atoms with Crippen LogP contribution in [0.2, 0.25) is 0 Å². The fourth-order valence-corrected chi connectivity index (χ4v) is 2.87. The third kappa shape index (κ3) is 1.23. The molecule has 1 fully saturated rings. The maximum absolute atomic E-state index is 12.2. The molecule has 82 valence electrons. The smallest absolute Gasteiger partial charge is 0.235 e. The molecule has 1 saturated heterocycles. The highest BCUT2D eigenvalue weighted by molar-refractivity contribution is 6.07. The number of hydrogen-bond donors (Lipinski definition) is 1. The summed E-state index contributed by atoms with van der Waals surface area (Å²) in [5.74, 6) is 0.196. The van der Waals surface area contributed by atoms with Crippen molar-refractivity contribution >= 4 is 19.6 Å². The van der Waals surface area contributed by atoms with Crippen molar-refractivity contribution in [3.8, 4) is 0 Å². The lowest BCUT2D eigenvalue weighted by atomic mass is 9.73. The first-order valence-corrected chi connectivity index (χ1v) is 5.82. The standard InChI is InChI=1S/C12H15BN2O/c13-15-7-5-12(6-8-15)9-3-1-2-4-10(9)14-11(12)16/h1-4H,5-8,13H2,(H,14,16). The van der Waals surface area contributed by atoms with Crippen molar-refractivity contribution in [2.75, 3.05) is 18.4 Å². The first-order chi connectivity index (χ1) is 7.72. The zero-order chi connectivity index (χ0) is 11.2. The van der Waals surface area contributed by atoms with Crippen molar-refractivity contribution in [2.24, 2.45) is 0 Å². The molecule has 1 aromatic rings. The Morgan fingerprint density at radius 2 is 1.94 bits per heavy atom. The van der Waals surface area contributed by atoms with Gasteiger partial charge in [0.25, 0.3) is 0 Å². The zero-order valence-electron chi connectivity index (χ0n) is 9.49. The lowest BCUT2D eigenvalue weighted by Gasteiger charge is -2.36. The molecule has 1 amide bonds. The van der Waals surface area contributed by atoms with E-state index < -0.39 is 0 Å². The molecule has 0 saturated carbocycles. The highest BCUT2D eigenvalue weighted by Gasteiger charge is 2.47. The molecule has 1 spiro atoms. The Balaban J connectivity index is 2.04. The van der Waals surface area contributed by atoms with Gasteiger partial charge in [0.15, 0.2) is 7.98 Å². The molecular formula is C12H15BN2O. The van der Waals surface area contributed by atoms with E-state index in [2.05, 4.69) is 24.2 Å². The molecule has 1 N–H and O–H groups in total. The van der Waals surface area contributed by atoms with Crippen LogP contribution in [-0.4, -0.2) is 31.8 Å². The van der Waals surface area contributed by atoms with Crippen molar-refractivity contribution in [3.05, 3.63) is 29.8 Å². The summed E-state index contributed by atoms with van der Waals surface area (Å²) in [6.07, 6.45) is 1.87. The van der Waals surface area contributed by atoms with Crippen LogP contribution >= 0.6 is 0 Å². The Morgan fingerprint density at radius 1 is 1.25 bits per heavy atom. The molecule has 2 heterocycles. The number of amides is 1. The number of anilines is 1. The molecule has 0 aliphatic carbocycles. The van der Waals surface area contributed by atoms with Crippen molar-refractivity contribution in [1.29, 1.82) is 0 Å². The van der Waals surface area contributed by atoms with Gasteiger partial charge >= 0.3 is 0 Å². The maximum Gasteiger partial charge on any atom is 0.235 e. The highest BCUT2D eigenvalue weighted by Crippen LogP contribution is 2.44. The number of carbonyl (C=O) groups excluding carboxylic acids is 1. The van der Waals surface area contributed by atoms with Gasteiger partial charge in [-0.2, -0.15) is 0 Å². The molecule has 2 aliphatic heterocycles. The second-order valence-corrected chi connectivity index (χ2v) is 4.89. The van der Waals surface area contributed by atoms with E-state index in [9.17, 15) is 4.79 Å². The van der Waals surface area contributed by atoms with Crippen molar-refractivity contribution < 1.29 is 4.79 Å². The Labute approximate surface area is 96.3 Å². The number of hydrogen-bond acceptors (Lipinski definition) is 2. The van der Waals surface area contributed by atoms with Gasteiger partial charge in [0.1, 0.15) is 0 Å². The van der Waals surface area contributed by atoms with Gasteiger partial charge < -0.3 is 10.1 Å². The van der Waals surface area contributed by atoms with Crippen LogP contribution in [0.5, 0.6) is 0 Å². The van der Waals surface area contributed by atoms with Gasteiger partial charge in [-0.1, -0.05) is 18.2 Å². The van der Waals surface area contributed by atoms with E-state index in [1.54, 1.807) is 0 Å². The van der Waals surface area contributed by atoms with Gasteiger partial charge in [0.2, 0.25) is 5.91 Å². The molecule has 2 aliphatic rings. The summed E-state index contributed by atoms with van der Waals surface area (Å²) in [6, 6.07) is 8.10. The number of nitrogens with zero attached hydrogens (tertiary/aromatic N) is 1. The molecule has 0 bridgehead atoms. The van der Waals surface area contributed by atoms with E-state index in [-0.39, 0.29) is 11.3 Å². The van der Waals surface area contributed by atoms with Crippen LogP contribution in [0, 0.1) is 0 Å². The quantitative estimate of drug-likeness (QED) is 0.638. The Kier molecular flexibility index (Phi) is 2.08. The van der Waals surface area contributed by atoms with Gasteiger partial charge in [-0.25, -0.2) is 0 Å². The monoisotopic (exact) mass is 214 g/mol. The first-order valence-electron chi connectivity index (χ1n) is 5.82. The molecule has 0 unspecified atom stereocenters. The second-order valence-electron chi connectivity index (χ2n) is 4.89. The van der Waals surface area contributed by atoms with Crippen LogP contribution in [0.4, 0.5) is 5.69 Å². The van der Waals surface area contributed by atoms with Gasteiger partial charge in [-0.3, -0.25) is 4.79 Å². The minimum Gasteiger partial charge on any atom is -0.349 e. The summed E-state index contributed by atoms with van der Waals surface area (Å²) in [7, 11) is 2.12. The van der Waals surface area contributed by atoms with Gasteiger partial charge in [0, 0.05) is 5.69 Å². The number of para-hydroxylation sites is 1. The van der Waals surface area contributed by atoms with E-state index >= 15 is 0 Å². The van der Waals surface area contributed by atoms with Crippen LogP contribution in [0.25, 0.3) is 0 Å². The lowest BCUT2D eigenvalue weighted by Crippen LogP contribution is -2.45. The van der Waals surface area contributed by atoms with Crippen molar-refractivity contribution in [1.82, 2.24) is 4.81 Å². The largest absolute Gasteiger partial charge is 0.349 e. The number of nitrogens with one attached hydrogen (secondary N) is 1. The van der Waals surface area contributed by atoms with Crippen LogP contribution < -0.4 is 5.32 Å². The second kappa shape index (κ2) is 3.35. The van der Waals surface area contributed by atoms with Crippen LogP contribution in [0.1, 0.15) is 18.4 Å². The van der Waals surface area contributed by atoms with Gasteiger partial charge in [-0.15, -0.1) is 0 Å². The van der Waals surface area contributed by atoms with Crippen molar-refractivity contribution in [3.63, 3.8) is 0 Å². The van der Waals surface area contributed by atoms with E-state index in [0.29, 0.717) is 0 Å². The van der Waals surface area contributed by atoms with Gasteiger partial charge in [0.05, 0.1) is 5.41 Å². The zero-order valence-corrected chi connectivity index (χ0v) is 9.49. The summed E-state index contributed by atoms with van der Waals surface area (Å²) in [5.41, 5.74) is 1.97. The number of benzene rings is 1. The summed E-state index contributed by atoms with van der Waals surface area (Å²) in [6.45, 7) is 2.00. The Morgan fingerprint density at radius 3 is 2.69 bits per heavy atom. The van der Waals surface area contributed by atoms with Crippen LogP contribution in [0.3, 0.4) is 0 Å². The van der Waals surface area contributed by atoms with Gasteiger partial charge in [-0.05, 0) is 37.6 Å². The number of rotatable bonds is 0. The average Bonchev–Trinajstić information content (AvgIpc) is 2.57. The Bertz CT molecular complexity index is 438. The summed E-state index contributed by atoms with van der Waals surface area (Å²) in [4.78, 5) is 14.5. The fourth-order valence-electron chi connectivity index (χ4n) is 2.87. The van der Waals surface area contributed by atoms with Crippen LogP contribution in [-0.2, 0) is 10.2 Å². The van der Waals surface area contributed by atoms with E-state index in [0.717, 1.165) is 31.6 Å². The normalized spacial score (nSPS) is 23.1. The first kappa shape index (κ1) is 9.91. The summed E-state index contributed by atoms with van der Waals surface area (Å²) < 4.78 is 0. The molecule has 3 nitrogen and oxygen atoms in total.